The van der Waals surface area contributed by atoms with E-state index in [1.807, 2.05) is 30.3 Å². The summed E-state index contributed by atoms with van der Waals surface area (Å²) < 4.78 is 18.5. The summed E-state index contributed by atoms with van der Waals surface area (Å²) in [4.78, 5) is 0. The summed E-state index contributed by atoms with van der Waals surface area (Å²) in [5, 5.41) is 3.45. The van der Waals surface area contributed by atoms with Gasteiger partial charge in [-0.15, -0.1) is 0 Å². The van der Waals surface area contributed by atoms with E-state index >= 15 is 0 Å². The molecular weight excluding hydrogens is 231 g/mol. The number of nitrogens with two attached hydrogens (primary N) is 1. The number of hydrazone groups is 1. The first-order chi connectivity index (χ1) is 8.78. The van der Waals surface area contributed by atoms with Crippen LogP contribution in [0.1, 0.15) is 11.1 Å². The molecule has 0 amide bonds. The molecule has 0 unspecified atom stereocenters. The summed E-state index contributed by atoms with van der Waals surface area (Å²) in [5.41, 5.74) is 1.64. The van der Waals surface area contributed by atoms with Crippen molar-refractivity contribution in [2.24, 2.45) is 10.9 Å². The molecule has 2 aromatic rings. The Labute approximate surface area is 105 Å². The SMILES string of the molecule is NN=Cc1cccc(OCc2cccc(F)c2)c1. The van der Waals surface area contributed by atoms with Crippen LogP contribution < -0.4 is 10.6 Å². The van der Waals surface area contributed by atoms with Crippen molar-refractivity contribution in [1.29, 1.82) is 0 Å². The Balaban J connectivity index is 2.04. The molecule has 0 atom stereocenters. The second kappa shape index (κ2) is 5.82. The van der Waals surface area contributed by atoms with E-state index in [-0.39, 0.29) is 5.82 Å². The molecule has 0 saturated carbocycles. The van der Waals surface area contributed by atoms with Gasteiger partial charge in [0.05, 0.1) is 6.21 Å². The van der Waals surface area contributed by atoms with Gasteiger partial charge in [-0.1, -0.05) is 24.3 Å². The summed E-state index contributed by atoms with van der Waals surface area (Å²) in [6.45, 7) is 0.320. The van der Waals surface area contributed by atoms with Crippen LogP contribution in [-0.4, -0.2) is 6.21 Å². The van der Waals surface area contributed by atoms with Gasteiger partial charge in [0.1, 0.15) is 18.2 Å². The van der Waals surface area contributed by atoms with Gasteiger partial charge in [0.15, 0.2) is 0 Å². The maximum atomic E-state index is 13.0. The number of halogens is 1. The van der Waals surface area contributed by atoms with Crippen LogP contribution in [0.2, 0.25) is 0 Å². The smallest absolute Gasteiger partial charge is 0.123 e. The summed E-state index contributed by atoms with van der Waals surface area (Å²) in [5.74, 6) is 5.51. The zero-order valence-corrected chi connectivity index (χ0v) is 9.71. The maximum absolute atomic E-state index is 13.0. The fourth-order valence-corrected chi connectivity index (χ4v) is 1.56. The average molecular weight is 244 g/mol. The molecule has 0 aromatic heterocycles. The van der Waals surface area contributed by atoms with Crippen LogP contribution in [0.3, 0.4) is 0 Å². The van der Waals surface area contributed by atoms with Crippen LogP contribution in [0.5, 0.6) is 5.75 Å². The van der Waals surface area contributed by atoms with E-state index in [1.54, 1.807) is 6.07 Å². The quantitative estimate of drug-likeness (QED) is 0.510. The predicted octanol–water partition coefficient (Wildman–Crippen LogP) is 2.70. The molecule has 92 valence electrons. The number of nitrogens with zero attached hydrogens (tertiary/aromatic N) is 1. The number of rotatable bonds is 4. The molecule has 2 N–H and O–H groups in total. The molecule has 4 heteroatoms. The van der Waals surface area contributed by atoms with Crippen molar-refractivity contribution in [2.75, 3.05) is 0 Å². The van der Waals surface area contributed by atoms with E-state index in [9.17, 15) is 4.39 Å². The van der Waals surface area contributed by atoms with Crippen molar-refractivity contribution in [3.63, 3.8) is 0 Å². The van der Waals surface area contributed by atoms with E-state index in [0.717, 1.165) is 11.1 Å². The van der Waals surface area contributed by atoms with Gasteiger partial charge in [-0.25, -0.2) is 4.39 Å². The topological polar surface area (TPSA) is 47.6 Å². The highest BCUT2D eigenvalue weighted by molar-refractivity contribution is 5.79. The molecule has 0 aliphatic heterocycles. The van der Waals surface area contributed by atoms with Crippen LogP contribution in [0, 0.1) is 5.82 Å². The maximum Gasteiger partial charge on any atom is 0.123 e. The van der Waals surface area contributed by atoms with Gasteiger partial charge in [0, 0.05) is 0 Å². The van der Waals surface area contributed by atoms with Crippen molar-refractivity contribution in [2.45, 2.75) is 6.61 Å². The zero-order valence-electron chi connectivity index (χ0n) is 9.71. The van der Waals surface area contributed by atoms with Crippen molar-refractivity contribution in [1.82, 2.24) is 0 Å². The standard InChI is InChI=1S/C14H13FN2O/c15-13-5-1-4-12(7-13)10-18-14-6-2-3-11(8-14)9-17-16/h1-9H,10,16H2. The van der Waals surface area contributed by atoms with E-state index in [1.165, 1.54) is 18.3 Å². The van der Waals surface area contributed by atoms with Crippen molar-refractivity contribution >= 4 is 6.21 Å². The molecule has 2 rings (SSSR count). The highest BCUT2D eigenvalue weighted by Crippen LogP contribution is 2.14. The Bertz CT molecular complexity index is 555. The van der Waals surface area contributed by atoms with E-state index < -0.39 is 0 Å². The average Bonchev–Trinajstić information content (AvgIpc) is 2.37. The number of ether oxygens (including phenoxy) is 1. The molecule has 0 spiro atoms. The monoisotopic (exact) mass is 244 g/mol. The van der Waals surface area contributed by atoms with Gasteiger partial charge in [0.25, 0.3) is 0 Å². The molecule has 0 fully saturated rings. The third kappa shape index (κ3) is 3.31. The third-order valence-corrected chi connectivity index (χ3v) is 2.38. The lowest BCUT2D eigenvalue weighted by Crippen LogP contribution is -1.96. The molecular formula is C14H13FN2O. The number of benzene rings is 2. The second-order valence-corrected chi connectivity index (χ2v) is 3.77. The molecule has 0 aliphatic carbocycles. The summed E-state index contributed by atoms with van der Waals surface area (Å²) in [7, 11) is 0. The first-order valence-electron chi connectivity index (χ1n) is 5.48. The zero-order chi connectivity index (χ0) is 12.8. The molecule has 18 heavy (non-hydrogen) atoms. The van der Waals surface area contributed by atoms with Crippen LogP contribution in [0.25, 0.3) is 0 Å². The van der Waals surface area contributed by atoms with Gasteiger partial charge in [0.2, 0.25) is 0 Å². The van der Waals surface area contributed by atoms with Gasteiger partial charge < -0.3 is 10.6 Å². The van der Waals surface area contributed by atoms with Crippen LogP contribution in [0.4, 0.5) is 4.39 Å². The molecule has 0 aliphatic rings. The van der Waals surface area contributed by atoms with E-state index in [2.05, 4.69) is 5.10 Å². The Morgan fingerprint density at radius 3 is 2.78 bits per heavy atom. The van der Waals surface area contributed by atoms with Crippen LogP contribution >= 0.6 is 0 Å². The summed E-state index contributed by atoms with van der Waals surface area (Å²) >= 11 is 0. The van der Waals surface area contributed by atoms with Gasteiger partial charge >= 0.3 is 0 Å². The highest BCUT2D eigenvalue weighted by Gasteiger charge is 1.98. The molecule has 0 bridgehead atoms. The van der Waals surface area contributed by atoms with Crippen molar-refractivity contribution < 1.29 is 9.13 Å². The Morgan fingerprint density at radius 2 is 2.00 bits per heavy atom. The van der Waals surface area contributed by atoms with Crippen LogP contribution in [0.15, 0.2) is 53.6 Å². The Kier molecular flexibility index (Phi) is 3.91. The lowest BCUT2D eigenvalue weighted by molar-refractivity contribution is 0.305. The fraction of sp³-hybridized carbons (Fsp3) is 0.0714. The minimum atomic E-state index is -0.264. The molecule has 2 aromatic carbocycles. The van der Waals surface area contributed by atoms with E-state index in [0.29, 0.717) is 12.4 Å². The second-order valence-electron chi connectivity index (χ2n) is 3.77. The molecule has 0 heterocycles. The predicted molar refractivity (Wildman–Crippen MR) is 69.0 cm³/mol. The Hall–Kier alpha value is -2.36. The Morgan fingerprint density at radius 1 is 1.17 bits per heavy atom. The third-order valence-electron chi connectivity index (χ3n) is 2.38. The number of hydrogen-bond acceptors (Lipinski definition) is 3. The van der Waals surface area contributed by atoms with Crippen LogP contribution in [-0.2, 0) is 6.61 Å². The number of hydrogen-bond donors (Lipinski definition) is 1. The fourth-order valence-electron chi connectivity index (χ4n) is 1.56. The van der Waals surface area contributed by atoms with Gasteiger partial charge in [-0.2, -0.15) is 5.10 Å². The highest BCUT2D eigenvalue weighted by atomic mass is 19.1. The summed E-state index contributed by atoms with van der Waals surface area (Å²) in [6, 6.07) is 13.7. The van der Waals surface area contributed by atoms with E-state index in [4.69, 9.17) is 10.6 Å². The molecule has 0 saturated heterocycles. The minimum absolute atomic E-state index is 0.264. The largest absolute Gasteiger partial charge is 0.489 e. The first-order valence-corrected chi connectivity index (χ1v) is 5.48. The van der Waals surface area contributed by atoms with Crippen molar-refractivity contribution in [3.05, 3.63) is 65.5 Å². The lowest BCUT2D eigenvalue weighted by Gasteiger charge is -2.06. The first kappa shape index (κ1) is 12.1. The molecule has 0 radical (unpaired) electrons. The minimum Gasteiger partial charge on any atom is -0.489 e. The summed E-state index contributed by atoms with van der Waals surface area (Å²) in [6.07, 6.45) is 1.54. The van der Waals surface area contributed by atoms with Gasteiger partial charge in [-0.3, -0.25) is 0 Å². The van der Waals surface area contributed by atoms with Crippen molar-refractivity contribution in [3.8, 4) is 5.75 Å². The lowest BCUT2D eigenvalue weighted by atomic mass is 10.2. The normalized spacial score (nSPS) is 10.7. The van der Waals surface area contributed by atoms with Gasteiger partial charge in [-0.05, 0) is 35.4 Å². The molecule has 3 nitrogen and oxygen atoms in total.